The lowest BCUT2D eigenvalue weighted by molar-refractivity contribution is -0.384. The van der Waals surface area contributed by atoms with Gasteiger partial charge in [0.1, 0.15) is 5.82 Å². The van der Waals surface area contributed by atoms with E-state index in [0.717, 1.165) is 5.56 Å². The van der Waals surface area contributed by atoms with E-state index in [2.05, 4.69) is 4.98 Å². The molecule has 0 fully saturated rings. The zero-order chi connectivity index (χ0) is 23.1. The maximum Gasteiger partial charge on any atom is 0.269 e. The van der Waals surface area contributed by atoms with E-state index in [1.807, 2.05) is 23.1 Å². The van der Waals surface area contributed by atoms with Gasteiger partial charge in [-0.2, -0.15) is 0 Å². The summed E-state index contributed by atoms with van der Waals surface area (Å²) in [5, 5.41) is 10.9. The van der Waals surface area contributed by atoms with Crippen molar-refractivity contribution in [3.63, 3.8) is 0 Å². The van der Waals surface area contributed by atoms with Gasteiger partial charge in [-0.3, -0.25) is 14.9 Å². The standard InChI is InChI=1S/C23H23N3O6/c1-30-20-12-16(13-21(31-2)23(20)32-3)14-25(22-6-4-5-11-24-22)15-19(27)17-7-9-18(10-8-17)26(28)29/h4-13H,14-15H2,1-3H3. The Labute approximate surface area is 185 Å². The number of anilines is 1. The number of ketones is 1. The fourth-order valence-corrected chi connectivity index (χ4v) is 3.24. The molecule has 0 bridgehead atoms. The predicted octanol–water partition coefficient (Wildman–Crippen LogP) is 3.91. The average molecular weight is 437 g/mol. The summed E-state index contributed by atoms with van der Waals surface area (Å²) in [5.41, 5.74) is 1.13. The smallest absolute Gasteiger partial charge is 0.269 e. The Morgan fingerprint density at radius 1 is 1.00 bits per heavy atom. The van der Waals surface area contributed by atoms with E-state index in [9.17, 15) is 14.9 Å². The summed E-state index contributed by atoms with van der Waals surface area (Å²) >= 11 is 0. The van der Waals surface area contributed by atoms with Crippen molar-refractivity contribution >= 4 is 17.3 Å². The average Bonchev–Trinajstić information content (AvgIpc) is 2.83. The highest BCUT2D eigenvalue weighted by Crippen LogP contribution is 2.38. The quantitative estimate of drug-likeness (QED) is 0.267. The Morgan fingerprint density at radius 2 is 1.66 bits per heavy atom. The van der Waals surface area contributed by atoms with Crippen LogP contribution in [0.5, 0.6) is 17.2 Å². The molecule has 0 N–H and O–H groups in total. The molecular formula is C23H23N3O6. The molecule has 1 aromatic heterocycles. The molecule has 0 aliphatic rings. The summed E-state index contributed by atoms with van der Waals surface area (Å²) in [6, 6.07) is 14.6. The van der Waals surface area contributed by atoms with Crippen LogP contribution in [0.25, 0.3) is 0 Å². The van der Waals surface area contributed by atoms with E-state index in [0.29, 0.717) is 35.2 Å². The van der Waals surface area contributed by atoms with Crippen LogP contribution in [0, 0.1) is 10.1 Å². The second-order valence-corrected chi connectivity index (χ2v) is 6.80. The first-order chi connectivity index (χ1) is 15.5. The Balaban J connectivity index is 1.90. The SMILES string of the molecule is COc1cc(CN(CC(=O)c2ccc([N+](=O)[O-])cc2)c2ccccn2)cc(OC)c1OC. The topological polar surface area (TPSA) is 104 Å². The molecule has 9 nitrogen and oxygen atoms in total. The van der Waals surface area contributed by atoms with Crippen molar-refractivity contribution in [2.75, 3.05) is 32.8 Å². The molecule has 0 radical (unpaired) electrons. The second kappa shape index (κ2) is 10.3. The van der Waals surface area contributed by atoms with E-state index in [4.69, 9.17) is 14.2 Å². The molecule has 1 heterocycles. The fraction of sp³-hybridized carbons (Fsp3) is 0.217. The Morgan fingerprint density at radius 3 is 2.16 bits per heavy atom. The van der Waals surface area contributed by atoms with Crippen LogP contribution in [0.15, 0.2) is 60.8 Å². The maximum atomic E-state index is 12.9. The molecule has 0 saturated carbocycles. The van der Waals surface area contributed by atoms with E-state index < -0.39 is 4.92 Å². The number of nitro groups is 1. The van der Waals surface area contributed by atoms with Crippen molar-refractivity contribution in [2.45, 2.75) is 6.54 Å². The first-order valence-electron chi connectivity index (χ1n) is 9.69. The number of hydrogen-bond acceptors (Lipinski definition) is 8. The Kier molecular flexibility index (Phi) is 7.22. The number of methoxy groups -OCH3 is 3. The van der Waals surface area contributed by atoms with Crippen molar-refractivity contribution in [1.29, 1.82) is 0 Å². The van der Waals surface area contributed by atoms with E-state index in [1.54, 1.807) is 18.3 Å². The van der Waals surface area contributed by atoms with E-state index >= 15 is 0 Å². The number of carbonyl (C=O) groups is 1. The highest BCUT2D eigenvalue weighted by atomic mass is 16.6. The minimum atomic E-state index is -0.501. The summed E-state index contributed by atoms with van der Waals surface area (Å²) in [6.07, 6.45) is 1.65. The predicted molar refractivity (Wildman–Crippen MR) is 119 cm³/mol. The third-order valence-corrected chi connectivity index (χ3v) is 4.81. The number of nitro benzene ring substituents is 1. The minimum absolute atomic E-state index is 0.0193. The number of carbonyl (C=O) groups excluding carboxylic acids is 1. The van der Waals surface area contributed by atoms with Gasteiger partial charge in [0, 0.05) is 30.4 Å². The summed E-state index contributed by atoms with van der Waals surface area (Å²) in [4.78, 5) is 29.5. The number of ether oxygens (including phenoxy) is 3. The highest BCUT2D eigenvalue weighted by molar-refractivity contribution is 5.99. The molecule has 166 valence electrons. The number of aromatic nitrogens is 1. The van der Waals surface area contributed by atoms with Gasteiger partial charge in [-0.25, -0.2) is 4.98 Å². The lowest BCUT2D eigenvalue weighted by atomic mass is 10.1. The summed E-state index contributed by atoms with van der Waals surface area (Å²) < 4.78 is 16.2. The van der Waals surface area contributed by atoms with Crippen molar-refractivity contribution in [2.24, 2.45) is 0 Å². The molecule has 3 aromatic rings. The molecule has 0 unspecified atom stereocenters. The Bertz CT molecular complexity index is 1060. The van der Waals surface area contributed by atoms with E-state index in [-0.39, 0.29) is 18.0 Å². The largest absolute Gasteiger partial charge is 0.493 e. The number of Topliss-reactive ketones (excluding diaryl/α,β-unsaturated/α-hetero) is 1. The van der Waals surface area contributed by atoms with Gasteiger partial charge >= 0.3 is 0 Å². The van der Waals surface area contributed by atoms with Crippen molar-refractivity contribution in [1.82, 2.24) is 4.98 Å². The summed E-state index contributed by atoms with van der Waals surface area (Å²) in [7, 11) is 4.61. The van der Waals surface area contributed by atoms with Gasteiger partial charge in [0.2, 0.25) is 5.75 Å². The molecule has 0 amide bonds. The molecule has 3 rings (SSSR count). The van der Waals surface area contributed by atoms with Crippen molar-refractivity contribution in [3.8, 4) is 17.2 Å². The van der Waals surface area contributed by atoms with Crippen LogP contribution < -0.4 is 19.1 Å². The van der Waals surface area contributed by atoms with Gasteiger partial charge in [-0.05, 0) is 42.0 Å². The van der Waals surface area contributed by atoms with Crippen molar-refractivity contribution in [3.05, 3.63) is 82.0 Å². The number of benzene rings is 2. The first kappa shape index (κ1) is 22.5. The normalized spacial score (nSPS) is 10.3. The monoisotopic (exact) mass is 437 g/mol. The van der Waals surface area contributed by atoms with Gasteiger partial charge in [0.25, 0.3) is 5.69 Å². The van der Waals surface area contributed by atoms with Crippen LogP contribution in [0.2, 0.25) is 0 Å². The third-order valence-electron chi connectivity index (χ3n) is 4.81. The lowest BCUT2D eigenvalue weighted by Gasteiger charge is -2.24. The maximum absolute atomic E-state index is 12.9. The van der Waals surface area contributed by atoms with Crippen LogP contribution in [0.4, 0.5) is 11.5 Å². The molecule has 9 heteroatoms. The summed E-state index contributed by atoms with van der Waals surface area (Å²) in [6.45, 7) is 0.359. The third kappa shape index (κ3) is 5.12. The molecule has 0 saturated heterocycles. The molecule has 0 spiro atoms. The fourth-order valence-electron chi connectivity index (χ4n) is 3.24. The molecule has 0 aliphatic carbocycles. The number of non-ortho nitro benzene ring substituents is 1. The van der Waals surface area contributed by atoms with Gasteiger partial charge in [-0.15, -0.1) is 0 Å². The van der Waals surface area contributed by atoms with Gasteiger partial charge in [0.05, 0.1) is 32.8 Å². The lowest BCUT2D eigenvalue weighted by Crippen LogP contribution is -2.30. The van der Waals surface area contributed by atoms with Crippen LogP contribution >= 0.6 is 0 Å². The van der Waals surface area contributed by atoms with Gasteiger partial charge < -0.3 is 19.1 Å². The van der Waals surface area contributed by atoms with Crippen LogP contribution in [0.3, 0.4) is 0 Å². The second-order valence-electron chi connectivity index (χ2n) is 6.80. The van der Waals surface area contributed by atoms with Crippen LogP contribution in [-0.4, -0.2) is 43.6 Å². The number of rotatable bonds is 10. The van der Waals surface area contributed by atoms with Crippen LogP contribution in [0.1, 0.15) is 15.9 Å². The van der Waals surface area contributed by atoms with Gasteiger partial charge in [-0.1, -0.05) is 6.07 Å². The zero-order valence-electron chi connectivity index (χ0n) is 18.0. The zero-order valence-corrected chi connectivity index (χ0v) is 18.0. The van der Waals surface area contributed by atoms with Crippen LogP contribution in [-0.2, 0) is 6.54 Å². The number of nitrogens with zero attached hydrogens (tertiary/aromatic N) is 3. The van der Waals surface area contributed by atoms with E-state index in [1.165, 1.54) is 45.6 Å². The first-order valence-corrected chi connectivity index (χ1v) is 9.69. The Hall–Kier alpha value is -4.14. The highest BCUT2D eigenvalue weighted by Gasteiger charge is 2.19. The van der Waals surface area contributed by atoms with Crippen molar-refractivity contribution < 1.29 is 23.9 Å². The van der Waals surface area contributed by atoms with Gasteiger partial charge in [0.15, 0.2) is 17.3 Å². The molecule has 32 heavy (non-hydrogen) atoms. The number of pyridine rings is 1. The molecule has 2 aromatic carbocycles. The minimum Gasteiger partial charge on any atom is -0.493 e. The summed E-state index contributed by atoms with van der Waals surface area (Å²) in [5.74, 6) is 1.90. The molecular weight excluding hydrogens is 414 g/mol. The molecule has 0 aliphatic heterocycles. The number of hydrogen-bond donors (Lipinski definition) is 0. The molecule has 0 atom stereocenters.